The average Bonchev–Trinajstić information content (AvgIpc) is 2.89. The van der Waals surface area contributed by atoms with Crippen LogP contribution in [0.3, 0.4) is 0 Å². The second kappa shape index (κ2) is 12.7. The van der Waals surface area contributed by atoms with Gasteiger partial charge in [0.15, 0.2) is 9.84 Å². The van der Waals surface area contributed by atoms with E-state index < -0.39 is 9.84 Å². The van der Waals surface area contributed by atoms with Gasteiger partial charge in [0.05, 0.1) is 31.6 Å². The fourth-order valence-corrected chi connectivity index (χ4v) is 6.23. The molecule has 0 radical (unpaired) electrons. The molecular formula is C30H20Cl4F2O2S. The minimum absolute atomic E-state index is 0.209. The third kappa shape index (κ3) is 7.71. The molecule has 0 aliphatic heterocycles. The second-order valence-corrected chi connectivity index (χ2v) is 12.3. The van der Waals surface area contributed by atoms with Gasteiger partial charge in [0.1, 0.15) is 11.6 Å². The molecule has 0 aromatic heterocycles. The van der Waals surface area contributed by atoms with Crippen LogP contribution in [-0.2, 0) is 21.3 Å². The standard InChI is InChI=1S/C30H20Cl4F2O2S/c31-27-15-7-21(25(29(27)33)13-5-19-1-9-23(35)10-2-19)17-39(37,38)18-22-8-16-28(32)30(34)26(22)14-6-20-3-11-24(36)12-4-20/h1-16H,17-18H2/b13-5+,14-6+. The van der Waals surface area contributed by atoms with E-state index in [1.54, 1.807) is 72.8 Å². The summed E-state index contributed by atoms with van der Waals surface area (Å²) in [6.45, 7) is 0. The molecule has 0 aliphatic carbocycles. The second-order valence-electron chi connectivity index (χ2n) is 8.67. The molecular weight excluding hydrogens is 604 g/mol. The molecule has 39 heavy (non-hydrogen) atoms. The molecule has 0 saturated heterocycles. The number of hydrogen-bond acceptors (Lipinski definition) is 2. The van der Waals surface area contributed by atoms with Gasteiger partial charge in [0.2, 0.25) is 0 Å². The molecule has 4 aromatic rings. The summed E-state index contributed by atoms with van der Waals surface area (Å²) in [4.78, 5) is 0. The molecule has 0 atom stereocenters. The number of halogens is 6. The molecule has 4 aromatic carbocycles. The maximum Gasteiger partial charge on any atom is 0.158 e. The predicted molar refractivity (Wildman–Crippen MR) is 160 cm³/mol. The minimum Gasteiger partial charge on any atom is -0.228 e. The molecule has 0 saturated carbocycles. The molecule has 0 fully saturated rings. The SMILES string of the molecule is O=S(=O)(Cc1ccc(Cl)c(Cl)c1/C=C/c1ccc(F)cc1)Cc1ccc(Cl)c(Cl)c1/C=C/c1ccc(F)cc1. The Balaban J connectivity index is 1.64. The van der Waals surface area contributed by atoms with Crippen LogP contribution in [0.15, 0.2) is 72.8 Å². The summed E-state index contributed by atoms with van der Waals surface area (Å²) in [5.41, 5.74) is 3.20. The van der Waals surface area contributed by atoms with Crippen molar-refractivity contribution in [2.45, 2.75) is 11.5 Å². The van der Waals surface area contributed by atoms with Gasteiger partial charge >= 0.3 is 0 Å². The Morgan fingerprint density at radius 2 is 0.897 bits per heavy atom. The lowest BCUT2D eigenvalue weighted by Gasteiger charge is -2.13. The van der Waals surface area contributed by atoms with Crippen LogP contribution in [0.5, 0.6) is 0 Å². The highest BCUT2D eigenvalue weighted by atomic mass is 35.5. The highest BCUT2D eigenvalue weighted by Crippen LogP contribution is 2.34. The quantitative estimate of drug-likeness (QED) is 0.183. The maximum absolute atomic E-state index is 13.4. The first kappa shape index (κ1) is 29.3. The molecule has 0 amide bonds. The molecule has 0 unspecified atom stereocenters. The van der Waals surface area contributed by atoms with Crippen LogP contribution in [-0.4, -0.2) is 8.42 Å². The van der Waals surface area contributed by atoms with Crippen molar-refractivity contribution >= 4 is 80.5 Å². The van der Waals surface area contributed by atoms with Crippen LogP contribution < -0.4 is 0 Å². The van der Waals surface area contributed by atoms with Gasteiger partial charge in [0, 0.05) is 0 Å². The summed E-state index contributed by atoms with van der Waals surface area (Å²) in [5.74, 6) is -1.38. The fourth-order valence-electron chi connectivity index (χ4n) is 3.86. The largest absolute Gasteiger partial charge is 0.228 e. The summed E-state index contributed by atoms with van der Waals surface area (Å²) in [5, 5.41) is 0.962. The minimum atomic E-state index is -3.74. The number of hydrogen-bond donors (Lipinski definition) is 0. The lowest BCUT2D eigenvalue weighted by molar-refractivity contribution is 0.594. The van der Waals surface area contributed by atoms with Crippen molar-refractivity contribution in [3.63, 3.8) is 0 Å². The Morgan fingerprint density at radius 3 is 1.26 bits per heavy atom. The van der Waals surface area contributed by atoms with E-state index in [1.165, 1.54) is 24.3 Å². The number of rotatable bonds is 8. The van der Waals surface area contributed by atoms with E-state index in [-0.39, 0.29) is 43.2 Å². The summed E-state index contributed by atoms with van der Waals surface area (Å²) in [7, 11) is -3.74. The van der Waals surface area contributed by atoms with Crippen LogP contribution in [0.1, 0.15) is 33.4 Å². The first-order valence-electron chi connectivity index (χ1n) is 11.5. The normalized spacial score (nSPS) is 12.1. The van der Waals surface area contributed by atoms with Gasteiger partial charge in [-0.05, 0) is 69.8 Å². The van der Waals surface area contributed by atoms with Gasteiger partial charge in [-0.25, -0.2) is 17.2 Å². The van der Waals surface area contributed by atoms with Crippen LogP contribution >= 0.6 is 46.4 Å². The summed E-state index contributed by atoms with van der Waals surface area (Å²) in [6, 6.07) is 18.0. The molecule has 0 N–H and O–H groups in total. The third-order valence-corrected chi connectivity index (χ3v) is 8.96. The Labute approximate surface area is 246 Å². The fraction of sp³-hybridized carbons (Fsp3) is 0.0667. The van der Waals surface area contributed by atoms with Gasteiger partial charge in [-0.1, -0.05) is 107 Å². The summed E-state index contributed by atoms with van der Waals surface area (Å²) in [6.07, 6.45) is 6.71. The lowest BCUT2D eigenvalue weighted by atomic mass is 10.1. The van der Waals surface area contributed by atoms with Crippen LogP contribution in [0.4, 0.5) is 8.78 Å². The zero-order valence-electron chi connectivity index (χ0n) is 20.1. The topological polar surface area (TPSA) is 34.1 Å². The van der Waals surface area contributed by atoms with E-state index >= 15 is 0 Å². The van der Waals surface area contributed by atoms with E-state index in [2.05, 4.69) is 0 Å². The zero-order chi connectivity index (χ0) is 28.2. The summed E-state index contributed by atoms with van der Waals surface area (Å²) >= 11 is 25.3. The molecule has 9 heteroatoms. The van der Waals surface area contributed by atoms with E-state index in [0.717, 1.165) is 0 Å². The first-order valence-corrected chi connectivity index (χ1v) is 14.9. The van der Waals surface area contributed by atoms with E-state index in [4.69, 9.17) is 46.4 Å². The van der Waals surface area contributed by atoms with Gasteiger partial charge in [-0.3, -0.25) is 0 Å². The molecule has 4 rings (SSSR count). The van der Waals surface area contributed by atoms with Crippen molar-refractivity contribution in [1.29, 1.82) is 0 Å². The Bertz CT molecular complexity index is 1550. The van der Waals surface area contributed by atoms with Crippen molar-refractivity contribution in [2.75, 3.05) is 0 Å². The first-order chi connectivity index (χ1) is 18.5. The molecule has 0 bridgehead atoms. The molecule has 0 spiro atoms. The van der Waals surface area contributed by atoms with Crippen LogP contribution in [0, 0.1) is 11.6 Å². The third-order valence-electron chi connectivity index (χ3n) is 5.82. The lowest BCUT2D eigenvalue weighted by Crippen LogP contribution is -2.10. The van der Waals surface area contributed by atoms with Gasteiger partial charge in [-0.15, -0.1) is 0 Å². The Morgan fingerprint density at radius 1 is 0.538 bits per heavy atom. The Hall–Kier alpha value is -2.67. The smallest absolute Gasteiger partial charge is 0.158 e. The van der Waals surface area contributed by atoms with Gasteiger partial charge < -0.3 is 0 Å². The molecule has 0 heterocycles. The Kier molecular flexibility index (Phi) is 9.52. The molecule has 200 valence electrons. The van der Waals surface area contributed by atoms with Crippen molar-refractivity contribution in [3.05, 3.63) is 138 Å². The number of benzene rings is 4. The van der Waals surface area contributed by atoms with Gasteiger partial charge in [-0.2, -0.15) is 0 Å². The highest BCUT2D eigenvalue weighted by Gasteiger charge is 2.20. The van der Waals surface area contributed by atoms with Crippen LogP contribution in [0.25, 0.3) is 24.3 Å². The highest BCUT2D eigenvalue weighted by molar-refractivity contribution is 7.89. The average molecular weight is 624 g/mol. The predicted octanol–water partition coefficient (Wildman–Crippen LogP) is 10.0. The van der Waals surface area contributed by atoms with E-state index in [9.17, 15) is 17.2 Å². The van der Waals surface area contributed by atoms with Crippen molar-refractivity contribution in [1.82, 2.24) is 0 Å². The van der Waals surface area contributed by atoms with Crippen LogP contribution in [0.2, 0.25) is 20.1 Å². The number of sulfone groups is 1. The molecule has 0 aliphatic rings. The maximum atomic E-state index is 13.4. The van der Waals surface area contributed by atoms with Crippen molar-refractivity contribution in [2.24, 2.45) is 0 Å². The van der Waals surface area contributed by atoms with E-state index in [0.29, 0.717) is 33.4 Å². The van der Waals surface area contributed by atoms with Crippen molar-refractivity contribution in [3.8, 4) is 0 Å². The molecule has 2 nitrogen and oxygen atoms in total. The van der Waals surface area contributed by atoms with Gasteiger partial charge in [0.25, 0.3) is 0 Å². The monoisotopic (exact) mass is 622 g/mol. The van der Waals surface area contributed by atoms with E-state index in [1.807, 2.05) is 0 Å². The van der Waals surface area contributed by atoms with Crippen molar-refractivity contribution < 1.29 is 17.2 Å². The zero-order valence-corrected chi connectivity index (χ0v) is 24.0. The summed E-state index contributed by atoms with van der Waals surface area (Å²) < 4.78 is 53.3.